The van der Waals surface area contributed by atoms with Crippen molar-refractivity contribution in [3.8, 4) is 0 Å². The lowest BCUT2D eigenvalue weighted by molar-refractivity contribution is -0.124. The van der Waals surface area contributed by atoms with Crippen LogP contribution in [0.15, 0.2) is 48.5 Å². The predicted molar refractivity (Wildman–Crippen MR) is 106 cm³/mol. The Morgan fingerprint density at radius 2 is 1.81 bits per heavy atom. The number of benzene rings is 2. The van der Waals surface area contributed by atoms with Crippen LogP contribution in [0, 0.1) is 11.7 Å². The van der Waals surface area contributed by atoms with Gasteiger partial charge >= 0.3 is 0 Å². The molecule has 4 rings (SSSR count). The summed E-state index contributed by atoms with van der Waals surface area (Å²) in [5, 5.41) is 0. The summed E-state index contributed by atoms with van der Waals surface area (Å²) in [4.78, 5) is 17.2. The summed E-state index contributed by atoms with van der Waals surface area (Å²) in [7, 11) is 1.81. The molecule has 0 radical (unpaired) electrons. The van der Waals surface area contributed by atoms with E-state index in [0.717, 1.165) is 50.1 Å². The third kappa shape index (κ3) is 3.27. The molecule has 2 aromatic rings. The molecule has 27 heavy (non-hydrogen) atoms. The van der Waals surface area contributed by atoms with Gasteiger partial charge in [-0.2, -0.15) is 0 Å². The van der Waals surface area contributed by atoms with Crippen molar-refractivity contribution in [3.05, 3.63) is 65.5 Å². The summed E-state index contributed by atoms with van der Waals surface area (Å²) in [6, 6.07) is 15.4. The fraction of sp³-hybridized carbons (Fsp3) is 0.435. The third-order valence-electron chi connectivity index (χ3n) is 6.26. The highest BCUT2D eigenvalue weighted by Gasteiger charge is 2.51. The lowest BCUT2D eigenvalue weighted by atomic mass is 9.73. The van der Waals surface area contributed by atoms with E-state index in [-0.39, 0.29) is 11.7 Å². The normalized spacial score (nSPS) is 20.1. The van der Waals surface area contributed by atoms with E-state index >= 15 is 0 Å². The third-order valence-corrected chi connectivity index (χ3v) is 6.26. The number of hydrogen-bond acceptors (Lipinski definition) is 2. The molecule has 0 bridgehead atoms. The van der Waals surface area contributed by atoms with Gasteiger partial charge in [-0.05, 0) is 67.6 Å². The van der Waals surface area contributed by atoms with Crippen molar-refractivity contribution in [3.63, 3.8) is 0 Å². The summed E-state index contributed by atoms with van der Waals surface area (Å²) in [5.74, 6) is 0.434. The second-order valence-electron chi connectivity index (χ2n) is 8.20. The molecule has 4 heteroatoms. The minimum Gasteiger partial charge on any atom is -0.314 e. The van der Waals surface area contributed by atoms with Crippen LogP contribution in [0.2, 0.25) is 0 Å². The highest BCUT2D eigenvalue weighted by molar-refractivity contribution is 6.07. The van der Waals surface area contributed by atoms with Crippen molar-refractivity contribution >= 4 is 11.6 Å². The van der Waals surface area contributed by atoms with E-state index in [0.29, 0.717) is 5.92 Å². The van der Waals surface area contributed by atoms with Crippen molar-refractivity contribution in [2.45, 2.75) is 31.6 Å². The zero-order chi connectivity index (χ0) is 19.0. The predicted octanol–water partition coefficient (Wildman–Crippen LogP) is 4.01. The number of carbonyl (C=O) groups excluding carboxylic acids is 1. The second-order valence-corrected chi connectivity index (χ2v) is 8.20. The van der Waals surface area contributed by atoms with Crippen molar-refractivity contribution < 1.29 is 9.18 Å². The molecule has 0 N–H and O–H groups in total. The zero-order valence-corrected chi connectivity index (χ0v) is 16.1. The Balaban J connectivity index is 1.43. The molecule has 142 valence electrons. The van der Waals surface area contributed by atoms with Crippen molar-refractivity contribution in [2.75, 3.05) is 31.6 Å². The standard InChI is InChI=1S/C23H27FN2O/c1-17(14-18-6-4-3-5-7-18)16-26-12-10-23(11-13-26)20-15-19(24)8-9-21(20)25(2)22(23)27/h3-9,15,17H,10-14,16H2,1-2H3. The molecule has 2 aliphatic heterocycles. The quantitative estimate of drug-likeness (QED) is 0.816. The van der Waals surface area contributed by atoms with Gasteiger partial charge in [0.1, 0.15) is 5.82 Å². The molecular weight excluding hydrogens is 339 g/mol. The van der Waals surface area contributed by atoms with Gasteiger partial charge in [-0.1, -0.05) is 37.3 Å². The van der Waals surface area contributed by atoms with Crippen LogP contribution in [0.25, 0.3) is 0 Å². The van der Waals surface area contributed by atoms with Crippen molar-refractivity contribution in [1.82, 2.24) is 4.90 Å². The van der Waals surface area contributed by atoms with Crippen LogP contribution in [0.1, 0.15) is 30.9 Å². The van der Waals surface area contributed by atoms with Gasteiger partial charge in [-0.25, -0.2) is 4.39 Å². The Hall–Kier alpha value is -2.20. The Morgan fingerprint density at radius 3 is 2.52 bits per heavy atom. The van der Waals surface area contributed by atoms with E-state index in [1.165, 1.54) is 11.6 Å². The lowest BCUT2D eigenvalue weighted by Gasteiger charge is -2.39. The Labute approximate surface area is 160 Å². The number of rotatable bonds is 4. The van der Waals surface area contributed by atoms with E-state index < -0.39 is 5.41 Å². The maximum atomic E-state index is 13.9. The summed E-state index contributed by atoms with van der Waals surface area (Å²) >= 11 is 0. The minimum atomic E-state index is -0.536. The highest BCUT2D eigenvalue weighted by atomic mass is 19.1. The summed E-state index contributed by atoms with van der Waals surface area (Å²) in [6.07, 6.45) is 2.60. The monoisotopic (exact) mass is 366 g/mol. The molecule has 1 saturated heterocycles. The van der Waals surface area contributed by atoms with Crippen LogP contribution in [-0.2, 0) is 16.6 Å². The molecule has 1 fully saturated rings. The van der Waals surface area contributed by atoms with E-state index in [4.69, 9.17) is 0 Å². The SMILES string of the molecule is CC(Cc1ccccc1)CN1CCC2(CC1)C(=O)N(C)c1ccc(F)cc12. The average Bonchev–Trinajstić information content (AvgIpc) is 2.86. The van der Waals surface area contributed by atoms with Crippen molar-refractivity contribution in [2.24, 2.45) is 5.92 Å². The Bertz CT molecular complexity index is 828. The van der Waals surface area contributed by atoms with Gasteiger partial charge in [0.05, 0.1) is 5.41 Å². The number of halogens is 1. The van der Waals surface area contributed by atoms with Crippen LogP contribution in [-0.4, -0.2) is 37.5 Å². The average molecular weight is 366 g/mol. The molecule has 0 aliphatic carbocycles. The topological polar surface area (TPSA) is 23.6 Å². The maximum absolute atomic E-state index is 13.9. The fourth-order valence-electron chi connectivity index (χ4n) is 4.85. The number of fused-ring (bicyclic) bond motifs is 2. The molecule has 0 saturated carbocycles. The van der Waals surface area contributed by atoms with Crippen molar-refractivity contribution in [1.29, 1.82) is 0 Å². The van der Waals surface area contributed by atoms with E-state index in [9.17, 15) is 9.18 Å². The van der Waals surface area contributed by atoms with Gasteiger partial charge in [-0.3, -0.25) is 4.79 Å². The number of amides is 1. The number of anilines is 1. The number of likely N-dealkylation sites (tertiary alicyclic amines) is 1. The summed E-state index contributed by atoms with van der Waals surface area (Å²) in [6.45, 7) is 5.09. The fourth-order valence-corrected chi connectivity index (χ4v) is 4.85. The molecule has 1 atom stereocenters. The lowest BCUT2D eigenvalue weighted by Crippen LogP contribution is -2.49. The van der Waals surface area contributed by atoms with Gasteiger partial charge in [0.2, 0.25) is 5.91 Å². The number of likely N-dealkylation sites (N-methyl/N-ethyl adjacent to an activating group) is 1. The number of carbonyl (C=O) groups is 1. The van der Waals surface area contributed by atoms with E-state index in [1.54, 1.807) is 17.0 Å². The van der Waals surface area contributed by atoms with Gasteiger partial charge < -0.3 is 9.80 Å². The first kappa shape index (κ1) is 18.2. The summed E-state index contributed by atoms with van der Waals surface area (Å²) in [5.41, 5.74) is 2.58. The number of piperidine rings is 1. The van der Waals surface area contributed by atoms with Crippen LogP contribution in [0.4, 0.5) is 10.1 Å². The van der Waals surface area contributed by atoms with E-state index in [1.807, 2.05) is 7.05 Å². The molecule has 2 heterocycles. The van der Waals surface area contributed by atoms with E-state index in [2.05, 4.69) is 42.2 Å². The first-order valence-corrected chi connectivity index (χ1v) is 9.84. The van der Waals surface area contributed by atoms with Crippen LogP contribution in [0.3, 0.4) is 0 Å². The Kier molecular flexibility index (Phi) is 4.77. The number of hydrogen-bond donors (Lipinski definition) is 0. The van der Waals surface area contributed by atoms with Gasteiger partial charge in [0.15, 0.2) is 0 Å². The van der Waals surface area contributed by atoms with Gasteiger partial charge in [0, 0.05) is 19.3 Å². The molecule has 0 aromatic heterocycles. The molecule has 2 aliphatic rings. The Morgan fingerprint density at radius 1 is 1.11 bits per heavy atom. The first-order valence-electron chi connectivity index (χ1n) is 9.84. The molecule has 3 nitrogen and oxygen atoms in total. The summed E-state index contributed by atoms with van der Waals surface area (Å²) < 4.78 is 13.9. The van der Waals surface area contributed by atoms with Crippen LogP contribution >= 0.6 is 0 Å². The highest BCUT2D eigenvalue weighted by Crippen LogP contribution is 2.47. The molecule has 1 spiro atoms. The maximum Gasteiger partial charge on any atom is 0.237 e. The van der Waals surface area contributed by atoms with Gasteiger partial charge in [0.25, 0.3) is 0 Å². The molecule has 2 aromatic carbocycles. The molecular formula is C23H27FN2O. The largest absolute Gasteiger partial charge is 0.314 e. The second kappa shape index (κ2) is 7.08. The van der Waals surface area contributed by atoms with Crippen LogP contribution in [0.5, 0.6) is 0 Å². The first-order chi connectivity index (χ1) is 13.0. The zero-order valence-electron chi connectivity index (χ0n) is 16.1. The molecule has 1 unspecified atom stereocenters. The number of nitrogens with zero attached hydrogens (tertiary/aromatic N) is 2. The minimum absolute atomic E-state index is 0.125. The smallest absolute Gasteiger partial charge is 0.237 e. The van der Waals surface area contributed by atoms with Crippen LogP contribution < -0.4 is 4.90 Å². The molecule has 1 amide bonds. The van der Waals surface area contributed by atoms with Gasteiger partial charge in [-0.15, -0.1) is 0 Å².